The maximum Gasteiger partial charge on any atom is 0.190 e. The van der Waals surface area contributed by atoms with Crippen molar-refractivity contribution in [1.29, 1.82) is 0 Å². The van der Waals surface area contributed by atoms with E-state index < -0.39 is 36.5 Å². The number of hydrogen-bond acceptors (Lipinski definition) is 8. The molecule has 0 unspecified atom stereocenters. The van der Waals surface area contributed by atoms with Crippen LogP contribution in [0.25, 0.3) is 0 Å². The van der Waals surface area contributed by atoms with Crippen molar-refractivity contribution in [2.45, 2.75) is 83.8 Å². The van der Waals surface area contributed by atoms with Crippen LogP contribution in [0.4, 0.5) is 0 Å². The molecular weight excluding hydrogens is 402 g/mol. The van der Waals surface area contributed by atoms with Crippen LogP contribution in [0, 0.1) is 11.8 Å². The minimum atomic E-state index is -1.07. The fraction of sp³-hybridized carbons (Fsp3) is 0.696. The topological polar surface area (TPSA) is 99.0 Å². The SMILES string of the molecule is CC(C)[C@@H](OCc1ccccc1)[C@H](C)C=NOC[C@@H](O)[C@H]1O[C@@H]2OC(C)(C)O[C@H]2[C@@H]1O. The molecule has 0 spiro atoms. The molecule has 0 bridgehead atoms. The molecule has 1 aromatic rings. The molecule has 2 saturated heterocycles. The number of benzene rings is 1. The summed E-state index contributed by atoms with van der Waals surface area (Å²) in [6, 6.07) is 10.0. The Labute approximate surface area is 184 Å². The van der Waals surface area contributed by atoms with E-state index in [2.05, 4.69) is 19.0 Å². The molecule has 8 heteroatoms. The maximum absolute atomic E-state index is 10.4. The van der Waals surface area contributed by atoms with Crippen LogP contribution < -0.4 is 0 Å². The average Bonchev–Trinajstić information content (AvgIpc) is 3.18. The number of rotatable bonds is 10. The van der Waals surface area contributed by atoms with E-state index in [1.165, 1.54) is 0 Å². The van der Waals surface area contributed by atoms with Gasteiger partial charge in [0, 0.05) is 12.1 Å². The molecule has 0 aromatic heterocycles. The highest BCUT2D eigenvalue weighted by atomic mass is 16.8. The van der Waals surface area contributed by atoms with Crippen LogP contribution in [0.5, 0.6) is 0 Å². The first kappa shape index (κ1) is 24.1. The molecule has 0 aliphatic carbocycles. The fourth-order valence-corrected chi connectivity index (χ4v) is 3.99. The Morgan fingerprint density at radius 3 is 2.52 bits per heavy atom. The maximum atomic E-state index is 10.4. The molecule has 2 N–H and O–H groups in total. The van der Waals surface area contributed by atoms with Crippen molar-refractivity contribution in [1.82, 2.24) is 0 Å². The normalized spacial score (nSPS) is 30.5. The summed E-state index contributed by atoms with van der Waals surface area (Å²) in [4.78, 5) is 5.27. The predicted octanol–water partition coefficient (Wildman–Crippen LogP) is 2.46. The van der Waals surface area contributed by atoms with Gasteiger partial charge in [-0.3, -0.25) is 0 Å². The van der Waals surface area contributed by atoms with Crippen molar-refractivity contribution >= 4 is 6.21 Å². The zero-order chi connectivity index (χ0) is 22.6. The van der Waals surface area contributed by atoms with Gasteiger partial charge in [0.1, 0.15) is 31.0 Å². The van der Waals surface area contributed by atoms with Gasteiger partial charge in [0.25, 0.3) is 0 Å². The minimum Gasteiger partial charge on any atom is -0.393 e. The van der Waals surface area contributed by atoms with Crippen LogP contribution in [0.15, 0.2) is 35.5 Å². The zero-order valence-corrected chi connectivity index (χ0v) is 18.9. The summed E-state index contributed by atoms with van der Waals surface area (Å²) in [5, 5.41) is 24.7. The minimum absolute atomic E-state index is 0.0116. The van der Waals surface area contributed by atoms with Crippen molar-refractivity contribution in [3.8, 4) is 0 Å². The first-order chi connectivity index (χ1) is 14.7. The summed E-state index contributed by atoms with van der Waals surface area (Å²) in [6.07, 6.45) is -2.64. The quantitative estimate of drug-likeness (QED) is 0.428. The van der Waals surface area contributed by atoms with Gasteiger partial charge in [0.05, 0.1) is 12.7 Å². The van der Waals surface area contributed by atoms with Gasteiger partial charge in [-0.05, 0) is 25.3 Å². The highest BCUT2D eigenvalue weighted by molar-refractivity contribution is 5.60. The Morgan fingerprint density at radius 1 is 1.16 bits per heavy atom. The predicted molar refractivity (Wildman–Crippen MR) is 114 cm³/mol. The molecule has 3 rings (SSSR count). The molecule has 174 valence electrons. The molecule has 8 nitrogen and oxygen atoms in total. The Hall–Kier alpha value is -1.55. The van der Waals surface area contributed by atoms with E-state index in [0.29, 0.717) is 12.5 Å². The third kappa shape index (κ3) is 6.25. The molecular formula is C23H35NO7. The van der Waals surface area contributed by atoms with Crippen LogP contribution in [0.3, 0.4) is 0 Å². The summed E-state index contributed by atoms with van der Waals surface area (Å²) < 4.78 is 22.9. The first-order valence-corrected chi connectivity index (χ1v) is 10.9. The van der Waals surface area contributed by atoms with Gasteiger partial charge in [-0.25, -0.2) is 0 Å². The van der Waals surface area contributed by atoms with E-state index in [1.807, 2.05) is 37.3 Å². The molecule has 0 radical (unpaired) electrons. The largest absolute Gasteiger partial charge is 0.393 e. The van der Waals surface area contributed by atoms with E-state index in [0.717, 1.165) is 5.56 Å². The summed E-state index contributed by atoms with van der Waals surface area (Å²) in [7, 11) is 0. The Kier molecular flexibility index (Phi) is 8.07. The molecule has 7 atom stereocenters. The molecule has 2 fully saturated rings. The van der Waals surface area contributed by atoms with Gasteiger partial charge < -0.3 is 34.0 Å². The lowest BCUT2D eigenvalue weighted by molar-refractivity contribution is -0.228. The van der Waals surface area contributed by atoms with E-state index in [-0.39, 0.29) is 18.6 Å². The smallest absolute Gasteiger partial charge is 0.190 e. The number of oxime groups is 1. The van der Waals surface area contributed by atoms with Crippen LogP contribution >= 0.6 is 0 Å². The molecule has 2 heterocycles. The van der Waals surface area contributed by atoms with Crippen LogP contribution in [-0.2, 0) is 30.4 Å². The average molecular weight is 438 g/mol. The first-order valence-electron chi connectivity index (χ1n) is 10.9. The molecule has 0 saturated carbocycles. The lowest BCUT2D eigenvalue weighted by atomic mass is 9.95. The zero-order valence-electron chi connectivity index (χ0n) is 18.9. The van der Waals surface area contributed by atoms with E-state index in [4.69, 9.17) is 23.8 Å². The van der Waals surface area contributed by atoms with Crippen molar-refractivity contribution in [2.75, 3.05) is 6.61 Å². The number of hydrogen-bond donors (Lipinski definition) is 2. The lowest BCUT2D eigenvalue weighted by Crippen LogP contribution is -2.42. The molecule has 2 aliphatic heterocycles. The number of nitrogens with zero attached hydrogens (tertiary/aromatic N) is 1. The van der Waals surface area contributed by atoms with Gasteiger partial charge in [0.2, 0.25) is 0 Å². The molecule has 0 amide bonds. The monoisotopic (exact) mass is 437 g/mol. The van der Waals surface area contributed by atoms with E-state index in [9.17, 15) is 10.2 Å². The highest BCUT2D eigenvalue weighted by Gasteiger charge is 2.56. The van der Waals surface area contributed by atoms with Crippen molar-refractivity contribution in [2.24, 2.45) is 17.0 Å². The molecule has 1 aromatic carbocycles. The second kappa shape index (κ2) is 10.4. The third-order valence-corrected chi connectivity index (χ3v) is 5.51. The van der Waals surface area contributed by atoms with Crippen LogP contribution in [-0.4, -0.2) is 65.6 Å². The Bertz CT molecular complexity index is 711. The second-order valence-electron chi connectivity index (χ2n) is 9.04. The fourth-order valence-electron chi connectivity index (χ4n) is 3.99. The van der Waals surface area contributed by atoms with Gasteiger partial charge in [-0.2, -0.15) is 0 Å². The standard InChI is InChI=1S/C23H35NO7/c1-14(2)19(27-12-16-9-7-6-8-10-16)15(3)11-24-28-13-17(25)20-18(26)21-22(29-20)31-23(4,5)30-21/h6-11,14-15,17-22,25-26H,12-13H2,1-5H3/t15-,17-,18-,19-,20-,21+,22-/m1/s1. The van der Waals surface area contributed by atoms with Crippen LogP contribution in [0.1, 0.15) is 40.2 Å². The summed E-state index contributed by atoms with van der Waals surface area (Å²) in [5.74, 6) is -0.516. The van der Waals surface area contributed by atoms with Crippen LogP contribution in [0.2, 0.25) is 0 Å². The third-order valence-electron chi connectivity index (χ3n) is 5.51. The molecule has 31 heavy (non-hydrogen) atoms. The highest BCUT2D eigenvalue weighted by Crippen LogP contribution is 2.38. The lowest BCUT2D eigenvalue weighted by Gasteiger charge is -2.26. The van der Waals surface area contributed by atoms with Crippen molar-refractivity contribution in [3.63, 3.8) is 0 Å². The number of fused-ring (bicyclic) bond motifs is 1. The molecule has 2 aliphatic rings. The summed E-state index contributed by atoms with van der Waals surface area (Å²) in [6.45, 7) is 10.1. The summed E-state index contributed by atoms with van der Waals surface area (Å²) >= 11 is 0. The van der Waals surface area contributed by atoms with E-state index >= 15 is 0 Å². The van der Waals surface area contributed by atoms with E-state index in [1.54, 1.807) is 20.1 Å². The van der Waals surface area contributed by atoms with Crippen molar-refractivity contribution in [3.05, 3.63) is 35.9 Å². The van der Waals surface area contributed by atoms with Gasteiger partial charge in [-0.15, -0.1) is 0 Å². The Balaban J connectivity index is 1.44. The Morgan fingerprint density at radius 2 is 1.87 bits per heavy atom. The van der Waals surface area contributed by atoms with Crippen molar-refractivity contribution < 1.29 is 34.0 Å². The number of aliphatic hydroxyl groups excluding tert-OH is 2. The second-order valence-corrected chi connectivity index (χ2v) is 9.04. The number of ether oxygens (including phenoxy) is 4. The van der Waals surface area contributed by atoms with Gasteiger partial charge >= 0.3 is 0 Å². The van der Waals surface area contributed by atoms with Gasteiger partial charge in [-0.1, -0.05) is 56.3 Å². The number of aliphatic hydroxyl groups is 2. The summed E-state index contributed by atoms with van der Waals surface area (Å²) in [5.41, 5.74) is 1.12. The van der Waals surface area contributed by atoms with Gasteiger partial charge in [0.15, 0.2) is 12.1 Å².